The number of aryl methyl sites for hydroxylation is 1. The zero-order chi connectivity index (χ0) is 13.3. The van der Waals surface area contributed by atoms with E-state index in [9.17, 15) is 0 Å². The Morgan fingerprint density at radius 3 is 2.89 bits per heavy atom. The second-order valence-corrected chi connectivity index (χ2v) is 4.73. The van der Waals surface area contributed by atoms with Gasteiger partial charge in [-0.3, -0.25) is 0 Å². The first-order valence-corrected chi connectivity index (χ1v) is 6.73. The zero-order valence-corrected chi connectivity index (χ0v) is 11.4. The zero-order valence-electron chi connectivity index (χ0n) is 11.4. The minimum Gasteiger partial charge on any atom is -0.337 e. The highest BCUT2D eigenvalue weighted by Gasteiger charge is 1.93. The predicted octanol–water partition coefficient (Wildman–Crippen LogP) is 2.97. The SMILES string of the molecule is C/C(=C\c1ccccc1)CNCCCn1ccnc1. The van der Waals surface area contributed by atoms with Gasteiger partial charge in [-0.25, -0.2) is 4.98 Å². The second-order valence-electron chi connectivity index (χ2n) is 4.73. The van der Waals surface area contributed by atoms with Crippen molar-refractivity contribution in [3.63, 3.8) is 0 Å². The highest BCUT2D eigenvalue weighted by atomic mass is 15.0. The number of aromatic nitrogens is 2. The average Bonchev–Trinajstić information content (AvgIpc) is 2.92. The van der Waals surface area contributed by atoms with E-state index in [0.29, 0.717) is 0 Å². The van der Waals surface area contributed by atoms with E-state index in [2.05, 4.69) is 52.1 Å². The lowest BCUT2D eigenvalue weighted by atomic mass is 10.1. The molecule has 1 aromatic heterocycles. The quantitative estimate of drug-likeness (QED) is 0.771. The van der Waals surface area contributed by atoms with Crippen molar-refractivity contribution in [3.05, 3.63) is 60.2 Å². The van der Waals surface area contributed by atoms with Gasteiger partial charge in [-0.05, 0) is 25.5 Å². The third-order valence-corrected chi connectivity index (χ3v) is 2.95. The first-order chi connectivity index (χ1) is 9.34. The summed E-state index contributed by atoms with van der Waals surface area (Å²) in [6, 6.07) is 10.4. The maximum atomic E-state index is 4.03. The van der Waals surface area contributed by atoms with Gasteiger partial charge in [-0.15, -0.1) is 0 Å². The van der Waals surface area contributed by atoms with Crippen LogP contribution in [0.25, 0.3) is 6.08 Å². The molecule has 0 saturated heterocycles. The van der Waals surface area contributed by atoms with E-state index in [-0.39, 0.29) is 0 Å². The van der Waals surface area contributed by atoms with Gasteiger partial charge in [-0.1, -0.05) is 42.0 Å². The van der Waals surface area contributed by atoms with Crippen LogP contribution in [0.15, 0.2) is 54.6 Å². The van der Waals surface area contributed by atoms with Gasteiger partial charge in [0.1, 0.15) is 0 Å². The van der Waals surface area contributed by atoms with Crippen molar-refractivity contribution in [1.29, 1.82) is 0 Å². The molecule has 0 bridgehead atoms. The summed E-state index contributed by atoms with van der Waals surface area (Å²) in [4.78, 5) is 4.03. The molecule has 1 N–H and O–H groups in total. The molecular formula is C16H21N3. The Labute approximate surface area is 115 Å². The maximum Gasteiger partial charge on any atom is 0.0945 e. The smallest absolute Gasteiger partial charge is 0.0945 e. The highest BCUT2D eigenvalue weighted by molar-refractivity contribution is 5.52. The third-order valence-electron chi connectivity index (χ3n) is 2.95. The van der Waals surface area contributed by atoms with E-state index in [1.54, 1.807) is 0 Å². The van der Waals surface area contributed by atoms with E-state index < -0.39 is 0 Å². The van der Waals surface area contributed by atoms with Crippen molar-refractivity contribution in [1.82, 2.24) is 14.9 Å². The number of imidazole rings is 1. The molecule has 2 rings (SSSR count). The Hall–Kier alpha value is -1.87. The Morgan fingerprint density at radius 2 is 2.16 bits per heavy atom. The van der Waals surface area contributed by atoms with Crippen LogP contribution in [0.2, 0.25) is 0 Å². The summed E-state index contributed by atoms with van der Waals surface area (Å²) in [7, 11) is 0. The van der Waals surface area contributed by atoms with Gasteiger partial charge in [0.05, 0.1) is 6.33 Å². The molecule has 0 amide bonds. The van der Waals surface area contributed by atoms with Crippen LogP contribution in [0.4, 0.5) is 0 Å². The largest absolute Gasteiger partial charge is 0.337 e. The number of nitrogens with one attached hydrogen (secondary N) is 1. The van der Waals surface area contributed by atoms with Crippen molar-refractivity contribution in [3.8, 4) is 0 Å². The van der Waals surface area contributed by atoms with Crippen molar-refractivity contribution >= 4 is 6.08 Å². The van der Waals surface area contributed by atoms with Crippen LogP contribution in [0, 0.1) is 0 Å². The molecule has 0 aliphatic carbocycles. The summed E-state index contributed by atoms with van der Waals surface area (Å²) in [5, 5.41) is 3.47. The standard InChI is InChI=1S/C16H21N3/c1-15(12-16-6-3-2-4-7-16)13-17-8-5-10-19-11-9-18-14-19/h2-4,6-7,9,11-12,14,17H,5,8,10,13H2,1H3/b15-12+. The monoisotopic (exact) mass is 255 g/mol. The van der Waals surface area contributed by atoms with Gasteiger partial charge in [0.2, 0.25) is 0 Å². The molecule has 100 valence electrons. The van der Waals surface area contributed by atoms with E-state index in [4.69, 9.17) is 0 Å². The lowest BCUT2D eigenvalue weighted by Gasteiger charge is -2.06. The minimum atomic E-state index is 0.943. The van der Waals surface area contributed by atoms with Crippen LogP contribution in [-0.2, 0) is 6.54 Å². The molecule has 3 heteroatoms. The lowest BCUT2D eigenvalue weighted by molar-refractivity contribution is 0.596. The lowest BCUT2D eigenvalue weighted by Crippen LogP contribution is -2.18. The normalized spacial score (nSPS) is 11.7. The van der Waals surface area contributed by atoms with Gasteiger partial charge in [0.25, 0.3) is 0 Å². The molecule has 0 saturated carbocycles. The molecule has 0 aliphatic rings. The van der Waals surface area contributed by atoms with Gasteiger partial charge >= 0.3 is 0 Å². The molecule has 3 nitrogen and oxygen atoms in total. The van der Waals surface area contributed by atoms with Gasteiger partial charge in [0.15, 0.2) is 0 Å². The van der Waals surface area contributed by atoms with E-state index in [0.717, 1.165) is 26.1 Å². The Kier molecular flexibility index (Phi) is 5.38. The number of nitrogens with zero attached hydrogens (tertiary/aromatic N) is 2. The van der Waals surface area contributed by atoms with E-state index in [1.165, 1.54) is 11.1 Å². The molecule has 1 aromatic carbocycles. The molecule has 0 unspecified atom stereocenters. The van der Waals surface area contributed by atoms with Crippen molar-refractivity contribution < 1.29 is 0 Å². The van der Waals surface area contributed by atoms with E-state index >= 15 is 0 Å². The molecule has 0 aliphatic heterocycles. The van der Waals surface area contributed by atoms with Crippen LogP contribution in [0.1, 0.15) is 18.9 Å². The molecule has 1 heterocycles. The van der Waals surface area contributed by atoms with Crippen LogP contribution >= 0.6 is 0 Å². The molecule has 0 radical (unpaired) electrons. The van der Waals surface area contributed by atoms with Crippen LogP contribution in [0.5, 0.6) is 0 Å². The highest BCUT2D eigenvalue weighted by Crippen LogP contribution is 2.05. The fraction of sp³-hybridized carbons (Fsp3) is 0.312. The molecule has 0 spiro atoms. The van der Waals surface area contributed by atoms with Crippen molar-refractivity contribution in [2.24, 2.45) is 0 Å². The second kappa shape index (κ2) is 7.54. The molecule has 0 fully saturated rings. The third kappa shape index (κ3) is 5.10. The number of hydrogen-bond donors (Lipinski definition) is 1. The fourth-order valence-electron chi connectivity index (χ4n) is 1.98. The van der Waals surface area contributed by atoms with Crippen LogP contribution in [0.3, 0.4) is 0 Å². The average molecular weight is 255 g/mol. The Bertz CT molecular complexity index is 486. The first-order valence-electron chi connectivity index (χ1n) is 6.73. The molecular weight excluding hydrogens is 234 g/mol. The predicted molar refractivity (Wildman–Crippen MR) is 79.8 cm³/mol. The first kappa shape index (κ1) is 13.6. The van der Waals surface area contributed by atoms with E-state index in [1.807, 2.05) is 24.8 Å². The fourth-order valence-corrected chi connectivity index (χ4v) is 1.98. The number of benzene rings is 1. The summed E-state index contributed by atoms with van der Waals surface area (Å²) in [6.45, 7) is 5.15. The van der Waals surface area contributed by atoms with Crippen molar-refractivity contribution in [2.75, 3.05) is 13.1 Å². The summed E-state index contributed by atoms with van der Waals surface area (Å²) < 4.78 is 2.11. The van der Waals surface area contributed by atoms with Gasteiger partial charge < -0.3 is 9.88 Å². The maximum absolute atomic E-state index is 4.03. The Morgan fingerprint density at radius 1 is 1.32 bits per heavy atom. The summed E-state index contributed by atoms with van der Waals surface area (Å²) in [5.74, 6) is 0. The summed E-state index contributed by atoms with van der Waals surface area (Å²) in [5.41, 5.74) is 2.62. The van der Waals surface area contributed by atoms with Gasteiger partial charge in [0, 0.05) is 25.5 Å². The summed E-state index contributed by atoms with van der Waals surface area (Å²) in [6.07, 6.45) is 9.03. The summed E-state index contributed by atoms with van der Waals surface area (Å²) >= 11 is 0. The minimum absolute atomic E-state index is 0.943. The van der Waals surface area contributed by atoms with Crippen LogP contribution in [-0.4, -0.2) is 22.6 Å². The number of rotatable bonds is 7. The Balaban J connectivity index is 1.64. The number of hydrogen-bond acceptors (Lipinski definition) is 2. The molecule has 19 heavy (non-hydrogen) atoms. The van der Waals surface area contributed by atoms with Crippen LogP contribution < -0.4 is 5.32 Å². The topological polar surface area (TPSA) is 29.9 Å². The molecule has 2 aromatic rings. The molecule has 0 atom stereocenters. The van der Waals surface area contributed by atoms with Crippen molar-refractivity contribution in [2.45, 2.75) is 19.9 Å². The van der Waals surface area contributed by atoms with Gasteiger partial charge in [-0.2, -0.15) is 0 Å².